The van der Waals surface area contributed by atoms with Gasteiger partial charge in [-0.15, -0.1) is 0 Å². The van der Waals surface area contributed by atoms with Gasteiger partial charge in [0.05, 0.1) is 17.0 Å². The van der Waals surface area contributed by atoms with Crippen molar-refractivity contribution in [3.05, 3.63) is 29.6 Å². The molecule has 0 aromatic heterocycles. The highest BCUT2D eigenvalue weighted by molar-refractivity contribution is 6.05. The molecule has 1 heterocycles. The van der Waals surface area contributed by atoms with Crippen LogP contribution in [-0.2, 0) is 0 Å². The third kappa shape index (κ3) is 0.808. The van der Waals surface area contributed by atoms with Crippen molar-refractivity contribution < 1.29 is 4.39 Å². The van der Waals surface area contributed by atoms with Crippen LogP contribution in [0.3, 0.4) is 0 Å². The number of rotatable bonds is 0. The molecule has 0 N–H and O–H groups in total. The van der Waals surface area contributed by atoms with Crippen molar-refractivity contribution in [1.29, 1.82) is 0 Å². The van der Waals surface area contributed by atoms with E-state index in [4.69, 9.17) is 0 Å². The quantitative estimate of drug-likeness (QED) is 0.537. The Hall–Kier alpha value is -1.38. The molecular weight excluding hydrogens is 143 g/mol. The number of hydrogen-bond acceptors (Lipinski definition) is 1. The molecule has 0 unspecified atom stereocenters. The first-order valence-corrected chi connectivity index (χ1v) is 3.33. The SMILES string of the molecule is CC1=N[N]c2cccc(F)c21. The molecule has 1 aromatic rings. The fourth-order valence-corrected chi connectivity index (χ4v) is 1.13. The maximum Gasteiger partial charge on any atom is 0.134 e. The van der Waals surface area contributed by atoms with Crippen molar-refractivity contribution in [3.8, 4) is 0 Å². The van der Waals surface area contributed by atoms with E-state index in [0.29, 0.717) is 17.0 Å². The topological polar surface area (TPSA) is 26.5 Å². The molecule has 0 saturated carbocycles. The molecule has 0 saturated heterocycles. The molecule has 11 heavy (non-hydrogen) atoms. The number of fused-ring (bicyclic) bond motifs is 1. The molecular formula is C8H6FN2. The van der Waals surface area contributed by atoms with E-state index < -0.39 is 0 Å². The van der Waals surface area contributed by atoms with Crippen molar-refractivity contribution in [2.24, 2.45) is 5.10 Å². The van der Waals surface area contributed by atoms with Gasteiger partial charge in [0.2, 0.25) is 0 Å². The van der Waals surface area contributed by atoms with Crippen LogP contribution in [0.15, 0.2) is 23.3 Å². The smallest absolute Gasteiger partial charge is 0.134 e. The minimum Gasteiger partial charge on any atom is -0.206 e. The number of nitrogens with zero attached hydrogens (tertiary/aromatic N) is 2. The van der Waals surface area contributed by atoms with Gasteiger partial charge in [-0.1, -0.05) is 6.07 Å². The van der Waals surface area contributed by atoms with Gasteiger partial charge in [0, 0.05) is 0 Å². The molecule has 1 aliphatic rings. The van der Waals surface area contributed by atoms with Crippen LogP contribution in [0.1, 0.15) is 12.5 Å². The second kappa shape index (κ2) is 2.05. The van der Waals surface area contributed by atoms with E-state index >= 15 is 0 Å². The molecule has 0 amide bonds. The molecule has 0 atom stereocenters. The monoisotopic (exact) mass is 149 g/mol. The van der Waals surface area contributed by atoms with Crippen LogP contribution < -0.4 is 5.43 Å². The average molecular weight is 149 g/mol. The fourth-order valence-electron chi connectivity index (χ4n) is 1.13. The van der Waals surface area contributed by atoms with Crippen LogP contribution >= 0.6 is 0 Å². The first-order chi connectivity index (χ1) is 5.29. The van der Waals surface area contributed by atoms with Crippen LogP contribution in [0, 0.1) is 5.82 Å². The summed E-state index contributed by atoms with van der Waals surface area (Å²) < 4.78 is 13.0. The summed E-state index contributed by atoms with van der Waals surface area (Å²) in [4.78, 5) is 0. The minimum atomic E-state index is -0.245. The summed E-state index contributed by atoms with van der Waals surface area (Å²) in [5.41, 5.74) is 5.60. The van der Waals surface area contributed by atoms with Gasteiger partial charge in [0.25, 0.3) is 0 Å². The number of hydrogen-bond donors (Lipinski definition) is 0. The van der Waals surface area contributed by atoms with E-state index in [2.05, 4.69) is 10.5 Å². The molecule has 1 aromatic carbocycles. The van der Waals surface area contributed by atoms with Crippen LogP contribution in [-0.4, -0.2) is 5.71 Å². The summed E-state index contributed by atoms with van der Waals surface area (Å²) in [7, 11) is 0. The van der Waals surface area contributed by atoms with Crippen molar-refractivity contribution in [2.45, 2.75) is 6.92 Å². The number of benzene rings is 1. The van der Waals surface area contributed by atoms with Gasteiger partial charge in [0.1, 0.15) is 5.82 Å². The Labute approximate surface area is 63.7 Å². The number of halogens is 1. The molecule has 1 radical (unpaired) electrons. The highest BCUT2D eigenvalue weighted by Gasteiger charge is 2.17. The van der Waals surface area contributed by atoms with Gasteiger partial charge >= 0.3 is 0 Å². The zero-order chi connectivity index (χ0) is 7.84. The van der Waals surface area contributed by atoms with Crippen LogP contribution in [0.5, 0.6) is 0 Å². The van der Waals surface area contributed by atoms with Gasteiger partial charge in [-0.05, 0) is 19.1 Å². The van der Waals surface area contributed by atoms with Crippen molar-refractivity contribution in [1.82, 2.24) is 5.43 Å². The van der Waals surface area contributed by atoms with Gasteiger partial charge in [-0.3, -0.25) is 0 Å². The average Bonchev–Trinajstić information content (AvgIpc) is 2.34. The van der Waals surface area contributed by atoms with E-state index in [-0.39, 0.29) is 5.82 Å². The molecule has 55 valence electrons. The van der Waals surface area contributed by atoms with Crippen LogP contribution in [0.2, 0.25) is 0 Å². The zero-order valence-electron chi connectivity index (χ0n) is 6.00. The first-order valence-electron chi connectivity index (χ1n) is 3.33. The standard InChI is InChI=1S/C8H6FN2/c1-5-8-6(9)3-2-4-7(8)11-10-5/h2-4H,1H3. The molecule has 1 aliphatic heterocycles. The molecule has 2 nitrogen and oxygen atoms in total. The second-order valence-corrected chi connectivity index (χ2v) is 2.42. The Bertz CT molecular complexity index is 331. The van der Waals surface area contributed by atoms with Gasteiger partial charge in [-0.25, -0.2) is 4.39 Å². The third-order valence-corrected chi connectivity index (χ3v) is 1.66. The third-order valence-electron chi connectivity index (χ3n) is 1.66. The summed E-state index contributed by atoms with van der Waals surface area (Å²) in [6.45, 7) is 1.75. The summed E-state index contributed by atoms with van der Waals surface area (Å²) in [5, 5.41) is 3.77. The van der Waals surface area contributed by atoms with E-state index in [1.54, 1.807) is 19.1 Å². The predicted molar refractivity (Wildman–Crippen MR) is 40.4 cm³/mol. The summed E-state index contributed by atoms with van der Waals surface area (Å²) >= 11 is 0. The lowest BCUT2D eigenvalue weighted by Crippen LogP contribution is -1.93. The van der Waals surface area contributed by atoms with E-state index in [0.717, 1.165) is 0 Å². The van der Waals surface area contributed by atoms with E-state index in [9.17, 15) is 4.39 Å². The Morgan fingerprint density at radius 2 is 2.18 bits per heavy atom. The van der Waals surface area contributed by atoms with Crippen molar-refractivity contribution in [3.63, 3.8) is 0 Å². The van der Waals surface area contributed by atoms with Crippen molar-refractivity contribution in [2.75, 3.05) is 0 Å². The minimum absolute atomic E-state index is 0.245. The van der Waals surface area contributed by atoms with Gasteiger partial charge in [0.15, 0.2) is 0 Å². The Morgan fingerprint density at radius 3 is 2.91 bits per heavy atom. The largest absolute Gasteiger partial charge is 0.206 e. The fraction of sp³-hybridized carbons (Fsp3) is 0.125. The van der Waals surface area contributed by atoms with Crippen molar-refractivity contribution >= 4 is 11.4 Å². The summed E-state index contributed by atoms with van der Waals surface area (Å²) in [6.07, 6.45) is 0. The lowest BCUT2D eigenvalue weighted by molar-refractivity contribution is 0.626. The highest BCUT2D eigenvalue weighted by Crippen LogP contribution is 2.24. The highest BCUT2D eigenvalue weighted by atomic mass is 19.1. The maximum atomic E-state index is 13.0. The lowest BCUT2D eigenvalue weighted by Gasteiger charge is -1.96. The molecule has 2 rings (SSSR count). The zero-order valence-corrected chi connectivity index (χ0v) is 6.00. The summed E-state index contributed by atoms with van der Waals surface area (Å²) in [5.74, 6) is -0.245. The van der Waals surface area contributed by atoms with Gasteiger partial charge in [-0.2, -0.15) is 10.5 Å². The Kier molecular flexibility index (Phi) is 1.18. The first kappa shape index (κ1) is 6.34. The molecule has 0 fully saturated rings. The lowest BCUT2D eigenvalue weighted by atomic mass is 10.1. The van der Waals surface area contributed by atoms with E-state index in [1.165, 1.54) is 6.07 Å². The second-order valence-electron chi connectivity index (χ2n) is 2.42. The maximum absolute atomic E-state index is 13.0. The van der Waals surface area contributed by atoms with E-state index in [1.807, 2.05) is 0 Å². The van der Waals surface area contributed by atoms with Crippen LogP contribution in [0.4, 0.5) is 10.1 Å². The predicted octanol–water partition coefficient (Wildman–Crippen LogP) is 1.80. The summed E-state index contributed by atoms with van der Waals surface area (Å²) in [6, 6.07) is 4.79. The molecule has 0 aliphatic carbocycles. The Balaban J connectivity index is 2.67. The molecule has 3 heteroatoms. The van der Waals surface area contributed by atoms with Crippen LogP contribution in [0.25, 0.3) is 0 Å². The molecule has 0 spiro atoms. The normalized spacial score (nSPS) is 13.8. The Morgan fingerprint density at radius 1 is 1.36 bits per heavy atom. The van der Waals surface area contributed by atoms with Gasteiger partial charge < -0.3 is 0 Å². The molecule has 0 bridgehead atoms.